The number of hydrogen-bond acceptors (Lipinski definition) is 5. The van der Waals surface area contributed by atoms with E-state index in [2.05, 4.69) is 123 Å². The number of carbonyl (C=O) groups excluding carboxylic acids is 2. The molecule has 0 bridgehead atoms. The van der Waals surface area contributed by atoms with Crippen LogP contribution in [0.25, 0.3) is 0 Å². The molecule has 1 amide bonds. The van der Waals surface area contributed by atoms with Crippen LogP contribution in [0.4, 0.5) is 0 Å². The molecule has 0 radical (unpaired) electrons. The molecule has 0 aromatic carbocycles. The highest BCUT2D eigenvalue weighted by molar-refractivity contribution is 5.78. The molecule has 0 saturated heterocycles. The molecule has 364 valence electrons. The molecular formula is C58H97NO5. The van der Waals surface area contributed by atoms with Crippen LogP contribution in [0.1, 0.15) is 220 Å². The van der Waals surface area contributed by atoms with Gasteiger partial charge in [0.2, 0.25) is 5.91 Å². The van der Waals surface area contributed by atoms with Crippen LogP contribution in [-0.4, -0.2) is 46.9 Å². The maximum absolute atomic E-state index is 13.2. The molecule has 0 saturated carbocycles. The predicted octanol–water partition coefficient (Wildman–Crippen LogP) is 15.9. The fraction of sp³-hybridized carbons (Fsp3) is 0.655. The highest BCUT2D eigenvalue weighted by Gasteiger charge is 2.23. The Hall–Kier alpha value is -3.48. The van der Waals surface area contributed by atoms with Crippen molar-refractivity contribution in [2.75, 3.05) is 6.61 Å². The number of aliphatic hydroxyl groups is 2. The molecule has 0 aromatic rings. The van der Waals surface area contributed by atoms with Gasteiger partial charge >= 0.3 is 5.97 Å². The SMILES string of the molecule is CC/C=C/C/C=C/C/C=C/C/C=C/C/C=C/C(CC(=O)NC(CO)C(O)CCCCCCCCCCCCCCC)OC(=O)CCCCCCC/C=C/C=C/C=C/C=C/CCCCC. The van der Waals surface area contributed by atoms with Gasteiger partial charge in [0, 0.05) is 6.42 Å². The average Bonchev–Trinajstić information content (AvgIpc) is 3.29. The van der Waals surface area contributed by atoms with Crippen LogP contribution in [0.2, 0.25) is 0 Å². The summed E-state index contributed by atoms with van der Waals surface area (Å²) in [7, 11) is 0. The minimum absolute atomic E-state index is 0.0619. The third-order valence-electron chi connectivity index (χ3n) is 11.2. The number of carbonyl (C=O) groups is 2. The van der Waals surface area contributed by atoms with Gasteiger partial charge in [0.05, 0.1) is 25.2 Å². The number of nitrogens with one attached hydrogen (secondary N) is 1. The number of hydrogen-bond donors (Lipinski definition) is 3. The Morgan fingerprint density at radius 2 is 0.922 bits per heavy atom. The standard InChI is InChI=1S/C58H97NO5/c1-4-7-10-13-16-19-22-25-27-28-29-30-33-36-39-42-45-48-51-58(63)64-54(49-46-43-40-37-34-32-26-23-20-17-14-11-8-5-2)52-57(62)59-55(53-60)56(61)50-47-44-41-38-35-31-24-21-18-15-12-9-6-3/h8,11,16-17,19-20,22,25-30,32,37,40,46,49,54-56,60-61H,4-7,9-10,12-15,18,21,23-24,31,33-36,38-39,41-45,47-48,50-53H2,1-3H3,(H,59,62)/b11-8+,19-16+,20-17+,25-22+,28-27+,30-29+,32-26+,40-37+,49-46+. The molecule has 0 rings (SSSR count). The van der Waals surface area contributed by atoms with Crippen LogP contribution in [0, 0.1) is 0 Å². The minimum Gasteiger partial charge on any atom is -0.458 e. The van der Waals surface area contributed by atoms with Crippen LogP contribution in [0.5, 0.6) is 0 Å². The lowest BCUT2D eigenvalue weighted by Gasteiger charge is -2.23. The average molecular weight is 888 g/mol. The molecule has 0 aliphatic carbocycles. The molecule has 0 aliphatic heterocycles. The fourth-order valence-electron chi connectivity index (χ4n) is 7.23. The van der Waals surface area contributed by atoms with Crippen molar-refractivity contribution in [2.45, 2.75) is 238 Å². The number of unbranched alkanes of at least 4 members (excludes halogenated alkanes) is 20. The summed E-state index contributed by atoms with van der Waals surface area (Å²) in [5.41, 5.74) is 0. The lowest BCUT2D eigenvalue weighted by molar-refractivity contribution is -0.148. The first-order valence-electron chi connectivity index (χ1n) is 26.2. The van der Waals surface area contributed by atoms with E-state index in [-0.39, 0.29) is 24.9 Å². The molecule has 3 N–H and O–H groups in total. The molecule has 6 nitrogen and oxygen atoms in total. The number of aliphatic hydroxyl groups excluding tert-OH is 2. The summed E-state index contributed by atoms with van der Waals surface area (Å²) in [5.74, 6) is -0.663. The van der Waals surface area contributed by atoms with Gasteiger partial charge in [0.15, 0.2) is 0 Å². The van der Waals surface area contributed by atoms with Crippen LogP contribution in [0.3, 0.4) is 0 Å². The van der Waals surface area contributed by atoms with E-state index >= 15 is 0 Å². The van der Waals surface area contributed by atoms with E-state index in [0.29, 0.717) is 19.3 Å². The summed E-state index contributed by atoms with van der Waals surface area (Å²) in [6, 6.07) is -0.754. The second-order valence-electron chi connectivity index (χ2n) is 17.3. The van der Waals surface area contributed by atoms with E-state index in [1.54, 1.807) is 6.08 Å². The number of esters is 1. The van der Waals surface area contributed by atoms with Crippen molar-refractivity contribution in [1.29, 1.82) is 0 Å². The van der Waals surface area contributed by atoms with E-state index in [1.165, 1.54) is 83.5 Å². The van der Waals surface area contributed by atoms with Gasteiger partial charge in [-0.15, -0.1) is 0 Å². The summed E-state index contributed by atoms with van der Waals surface area (Å²) in [4.78, 5) is 26.1. The number of rotatable bonds is 45. The van der Waals surface area contributed by atoms with Gasteiger partial charge in [-0.25, -0.2) is 0 Å². The molecule has 3 atom stereocenters. The first-order chi connectivity index (χ1) is 31.5. The molecule has 64 heavy (non-hydrogen) atoms. The Balaban J connectivity index is 4.78. The molecule has 6 heteroatoms. The van der Waals surface area contributed by atoms with Crippen LogP contribution >= 0.6 is 0 Å². The normalized spacial score (nSPS) is 14.1. The molecule has 0 fully saturated rings. The summed E-state index contributed by atoms with van der Waals surface area (Å²) >= 11 is 0. The van der Waals surface area contributed by atoms with E-state index in [9.17, 15) is 19.8 Å². The van der Waals surface area contributed by atoms with Gasteiger partial charge in [0.1, 0.15) is 6.10 Å². The first-order valence-corrected chi connectivity index (χ1v) is 26.2. The van der Waals surface area contributed by atoms with E-state index in [4.69, 9.17) is 4.74 Å². The Morgan fingerprint density at radius 1 is 0.500 bits per heavy atom. The molecule has 0 aromatic heterocycles. The van der Waals surface area contributed by atoms with Crippen molar-refractivity contribution in [3.8, 4) is 0 Å². The van der Waals surface area contributed by atoms with Crippen molar-refractivity contribution in [3.63, 3.8) is 0 Å². The Kier molecular flexibility index (Phi) is 47.8. The van der Waals surface area contributed by atoms with E-state index in [0.717, 1.165) is 89.9 Å². The molecule has 0 heterocycles. The van der Waals surface area contributed by atoms with Crippen LogP contribution in [-0.2, 0) is 14.3 Å². The largest absolute Gasteiger partial charge is 0.458 e. The molecular weight excluding hydrogens is 791 g/mol. The van der Waals surface area contributed by atoms with Gasteiger partial charge in [0.25, 0.3) is 0 Å². The second-order valence-corrected chi connectivity index (χ2v) is 17.3. The smallest absolute Gasteiger partial charge is 0.306 e. The summed E-state index contributed by atoms with van der Waals surface area (Å²) < 4.78 is 5.81. The summed E-state index contributed by atoms with van der Waals surface area (Å²) in [6.45, 7) is 6.28. The van der Waals surface area contributed by atoms with Crippen LogP contribution in [0.15, 0.2) is 109 Å². The molecule has 0 spiro atoms. The minimum atomic E-state index is -0.830. The number of allylic oxidation sites excluding steroid dienone is 17. The first kappa shape index (κ1) is 60.5. The zero-order valence-electron chi connectivity index (χ0n) is 41.4. The van der Waals surface area contributed by atoms with Gasteiger partial charge in [-0.2, -0.15) is 0 Å². The topological polar surface area (TPSA) is 95.9 Å². The zero-order chi connectivity index (χ0) is 46.7. The predicted molar refractivity (Wildman–Crippen MR) is 277 cm³/mol. The van der Waals surface area contributed by atoms with Gasteiger partial charge in [-0.3, -0.25) is 9.59 Å². The van der Waals surface area contributed by atoms with Crippen molar-refractivity contribution in [3.05, 3.63) is 109 Å². The highest BCUT2D eigenvalue weighted by Crippen LogP contribution is 2.15. The Labute approximate surface area is 394 Å². The van der Waals surface area contributed by atoms with Crippen LogP contribution < -0.4 is 5.32 Å². The van der Waals surface area contributed by atoms with E-state index in [1.807, 2.05) is 6.08 Å². The summed E-state index contributed by atoms with van der Waals surface area (Å²) in [6.07, 6.45) is 68.9. The lowest BCUT2D eigenvalue weighted by atomic mass is 10.0. The van der Waals surface area contributed by atoms with Gasteiger partial charge in [-0.1, -0.05) is 240 Å². The Bertz CT molecular complexity index is 1320. The van der Waals surface area contributed by atoms with Crippen molar-refractivity contribution in [2.24, 2.45) is 0 Å². The lowest BCUT2D eigenvalue weighted by Crippen LogP contribution is -2.46. The van der Waals surface area contributed by atoms with Gasteiger partial charge in [-0.05, 0) is 76.7 Å². The maximum atomic E-state index is 13.2. The summed E-state index contributed by atoms with van der Waals surface area (Å²) in [5, 5.41) is 23.7. The van der Waals surface area contributed by atoms with Crippen molar-refractivity contribution in [1.82, 2.24) is 5.32 Å². The van der Waals surface area contributed by atoms with Crippen molar-refractivity contribution >= 4 is 11.9 Å². The fourth-order valence-corrected chi connectivity index (χ4v) is 7.23. The Morgan fingerprint density at radius 3 is 1.44 bits per heavy atom. The third-order valence-corrected chi connectivity index (χ3v) is 11.2. The third kappa shape index (κ3) is 45.1. The monoisotopic (exact) mass is 888 g/mol. The van der Waals surface area contributed by atoms with Crippen molar-refractivity contribution < 1.29 is 24.5 Å². The highest BCUT2D eigenvalue weighted by atomic mass is 16.5. The number of ether oxygens (including phenoxy) is 1. The second kappa shape index (κ2) is 50.5. The van der Waals surface area contributed by atoms with Gasteiger partial charge < -0.3 is 20.3 Å². The maximum Gasteiger partial charge on any atom is 0.306 e. The number of amides is 1. The zero-order valence-corrected chi connectivity index (χ0v) is 41.4. The quantitative estimate of drug-likeness (QED) is 0.0245. The van der Waals surface area contributed by atoms with E-state index < -0.39 is 18.2 Å². The molecule has 0 aliphatic rings. The molecule has 3 unspecified atom stereocenters.